The van der Waals surface area contributed by atoms with Crippen LogP contribution in [0.5, 0.6) is 0 Å². The van der Waals surface area contributed by atoms with Gasteiger partial charge in [-0.3, -0.25) is 5.41 Å². The zero-order valence-electron chi connectivity index (χ0n) is 4.84. The fourth-order valence-electron chi connectivity index (χ4n) is 0.393. The Hall–Kier alpha value is -0.900. The summed E-state index contributed by atoms with van der Waals surface area (Å²) in [7, 11) is 1.45. The molecule has 47 valence electrons. The maximum absolute atomic E-state index is 7.10. The molecular formula is C5H5N2OS. The first-order valence-corrected chi connectivity index (χ1v) is 3.17. The van der Waals surface area contributed by atoms with Crippen LogP contribution in [-0.4, -0.2) is 18.0 Å². The third kappa shape index (κ3) is 1.26. The van der Waals surface area contributed by atoms with Crippen LogP contribution < -0.4 is 0 Å². The van der Waals surface area contributed by atoms with Gasteiger partial charge in [-0.1, -0.05) is 0 Å². The zero-order valence-corrected chi connectivity index (χ0v) is 5.66. The highest BCUT2D eigenvalue weighted by Gasteiger charge is 2.00. The molecular weight excluding hydrogens is 136 g/mol. The van der Waals surface area contributed by atoms with Gasteiger partial charge in [0.2, 0.25) is 5.90 Å². The van der Waals surface area contributed by atoms with Crippen molar-refractivity contribution < 1.29 is 4.74 Å². The summed E-state index contributed by atoms with van der Waals surface area (Å²) in [6, 6.07) is 0. The van der Waals surface area contributed by atoms with E-state index in [1.165, 1.54) is 18.4 Å². The van der Waals surface area contributed by atoms with E-state index in [1.807, 2.05) is 0 Å². The summed E-state index contributed by atoms with van der Waals surface area (Å²) in [5.74, 6) is 0.0903. The van der Waals surface area contributed by atoms with Crippen molar-refractivity contribution in [3.05, 3.63) is 16.6 Å². The van der Waals surface area contributed by atoms with Gasteiger partial charge in [-0.15, -0.1) is 11.3 Å². The fourth-order valence-corrected chi connectivity index (χ4v) is 0.868. The van der Waals surface area contributed by atoms with Crippen LogP contribution in [0.3, 0.4) is 0 Å². The van der Waals surface area contributed by atoms with Crippen LogP contribution in [0.2, 0.25) is 0 Å². The Morgan fingerprint density at radius 1 is 2.00 bits per heavy atom. The van der Waals surface area contributed by atoms with E-state index in [9.17, 15) is 0 Å². The highest BCUT2D eigenvalue weighted by molar-refractivity contribution is 7.07. The Bertz CT molecular complexity index is 195. The van der Waals surface area contributed by atoms with Crippen molar-refractivity contribution in [3.8, 4) is 0 Å². The number of methoxy groups -OCH3 is 1. The van der Waals surface area contributed by atoms with Gasteiger partial charge in [-0.2, -0.15) is 0 Å². The Morgan fingerprint density at radius 2 is 2.78 bits per heavy atom. The highest BCUT2D eigenvalue weighted by atomic mass is 32.1. The second-order valence-corrected chi connectivity index (χ2v) is 2.01. The van der Waals surface area contributed by atoms with Crippen molar-refractivity contribution in [2.45, 2.75) is 0 Å². The lowest BCUT2D eigenvalue weighted by molar-refractivity contribution is 0.400. The molecule has 0 spiro atoms. The van der Waals surface area contributed by atoms with Gasteiger partial charge in [-0.05, 0) is 0 Å². The lowest BCUT2D eigenvalue weighted by Crippen LogP contribution is -2.00. The molecule has 0 aliphatic rings. The van der Waals surface area contributed by atoms with Crippen LogP contribution in [0.1, 0.15) is 5.69 Å². The molecule has 1 rings (SSSR count). The maximum Gasteiger partial charge on any atom is 0.233 e. The summed E-state index contributed by atoms with van der Waals surface area (Å²) in [5.41, 5.74) is 3.16. The lowest BCUT2D eigenvalue weighted by Gasteiger charge is -1.93. The monoisotopic (exact) mass is 141 g/mol. The zero-order chi connectivity index (χ0) is 6.69. The minimum Gasteiger partial charge on any atom is -0.480 e. The maximum atomic E-state index is 7.10. The van der Waals surface area contributed by atoms with Gasteiger partial charge in [0, 0.05) is 5.38 Å². The van der Waals surface area contributed by atoms with Gasteiger partial charge in [0.1, 0.15) is 5.69 Å². The minimum atomic E-state index is 0.0903. The van der Waals surface area contributed by atoms with E-state index >= 15 is 0 Å². The third-order valence-electron chi connectivity index (χ3n) is 0.826. The molecule has 0 atom stereocenters. The predicted octanol–water partition coefficient (Wildman–Crippen LogP) is 0.915. The van der Waals surface area contributed by atoms with Gasteiger partial charge >= 0.3 is 0 Å². The number of ether oxygens (including phenoxy) is 1. The summed E-state index contributed by atoms with van der Waals surface area (Å²) >= 11 is 1.33. The van der Waals surface area contributed by atoms with Crippen LogP contribution in [-0.2, 0) is 4.74 Å². The molecule has 0 saturated heterocycles. The molecule has 0 aliphatic carbocycles. The molecule has 9 heavy (non-hydrogen) atoms. The molecule has 0 bridgehead atoms. The first-order chi connectivity index (χ1) is 4.34. The third-order valence-corrected chi connectivity index (χ3v) is 1.36. The van der Waals surface area contributed by atoms with Gasteiger partial charge in [0.05, 0.1) is 7.11 Å². The number of nitrogens with one attached hydrogen (secondary N) is 1. The fraction of sp³-hybridized carbons (Fsp3) is 0.200. The van der Waals surface area contributed by atoms with Crippen LogP contribution in [0.15, 0.2) is 5.38 Å². The standard InChI is InChI=1S/C5H5N2OS/c1-8-5(6)4-2-9-3-7-4/h2,6H,1H3. The highest BCUT2D eigenvalue weighted by Crippen LogP contribution is 2.00. The molecule has 1 N–H and O–H groups in total. The van der Waals surface area contributed by atoms with E-state index in [2.05, 4.69) is 15.2 Å². The van der Waals surface area contributed by atoms with Gasteiger partial charge in [-0.25, -0.2) is 4.98 Å². The largest absolute Gasteiger partial charge is 0.480 e. The molecule has 0 fully saturated rings. The molecule has 0 aromatic carbocycles. The number of thiazole rings is 1. The van der Waals surface area contributed by atoms with Gasteiger partial charge in [0.15, 0.2) is 5.51 Å². The van der Waals surface area contributed by atoms with Crippen LogP contribution in [0, 0.1) is 10.9 Å². The predicted molar refractivity (Wildman–Crippen MR) is 34.8 cm³/mol. The summed E-state index contributed by atoms with van der Waals surface area (Å²) in [5, 5.41) is 8.81. The van der Waals surface area contributed by atoms with Crippen molar-refractivity contribution in [1.29, 1.82) is 5.41 Å². The second-order valence-electron chi connectivity index (χ2n) is 1.36. The van der Waals surface area contributed by atoms with Crippen LogP contribution >= 0.6 is 11.3 Å². The molecule has 4 heteroatoms. The van der Waals surface area contributed by atoms with Crippen LogP contribution in [0.25, 0.3) is 0 Å². The number of aromatic nitrogens is 1. The average Bonchev–Trinajstić information content (AvgIpc) is 2.37. The molecule has 1 aromatic heterocycles. The van der Waals surface area contributed by atoms with E-state index in [1.54, 1.807) is 5.38 Å². The van der Waals surface area contributed by atoms with E-state index in [0.29, 0.717) is 5.69 Å². The molecule has 0 saturated carbocycles. The molecule has 1 heterocycles. The minimum absolute atomic E-state index is 0.0903. The van der Waals surface area contributed by atoms with E-state index in [4.69, 9.17) is 5.41 Å². The van der Waals surface area contributed by atoms with Crippen molar-refractivity contribution in [2.75, 3.05) is 7.11 Å². The Morgan fingerprint density at radius 3 is 3.22 bits per heavy atom. The molecule has 3 nitrogen and oxygen atoms in total. The average molecular weight is 141 g/mol. The van der Waals surface area contributed by atoms with E-state index in [0.717, 1.165) is 0 Å². The molecule has 1 aromatic rings. The summed E-state index contributed by atoms with van der Waals surface area (Å²) in [4.78, 5) is 3.73. The summed E-state index contributed by atoms with van der Waals surface area (Å²) < 4.78 is 4.60. The molecule has 1 radical (unpaired) electrons. The van der Waals surface area contributed by atoms with Crippen molar-refractivity contribution in [1.82, 2.24) is 4.98 Å². The number of rotatable bonds is 1. The van der Waals surface area contributed by atoms with E-state index in [-0.39, 0.29) is 5.90 Å². The van der Waals surface area contributed by atoms with Crippen molar-refractivity contribution >= 4 is 17.2 Å². The second kappa shape index (κ2) is 2.59. The van der Waals surface area contributed by atoms with Crippen molar-refractivity contribution in [2.24, 2.45) is 0 Å². The van der Waals surface area contributed by atoms with E-state index < -0.39 is 0 Å². The first-order valence-electron chi connectivity index (χ1n) is 2.29. The SMILES string of the molecule is COC(=N)c1cs[c]n1. The number of hydrogen-bond acceptors (Lipinski definition) is 4. The smallest absolute Gasteiger partial charge is 0.233 e. The topological polar surface area (TPSA) is 46.0 Å². The Labute approximate surface area is 56.8 Å². The van der Waals surface area contributed by atoms with Crippen LogP contribution in [0.4, 0.5) is 0 Å². The summed E-state index contributed by atoms with van der Waals surface area (Å²) in [6.07, 6.45) is 0. The van der Waals surface area contributed by atoms with Gasteiger partial charge in [0.25, 0.3) is 0 Å². The van der Waals surface area contributed by atoms with Gasteiger partial charge < -0.3 is 4.74 Å². The number of hydrogen-bond donors (Lipinski definition) is 1. The molecule has 0 aliphatic heterocycles. The number of nitrogens with zero attached hydrogens (tertiary/aromatic N) is 1. The molecule has 0 amide bonds. The van der Waals surface area contributed by atoms with Crippen molar-refractivity contribution in [3.63, 3.8) is 0 Å². The first kappa shape index (κ1) is 6.22. The lowest BCUT2D eigenvalue weighted by atomic mass is 10.5. The summed E-state index contributed by atoms with van der Waals surface area (Å²) in [6.45, 7) is 0. The molecule has 0 unspecified atom stereocenters. The Balaban J connectivity index is 2.77. The Kier molecular flexibility index (Phi) is 1.79. The normalized spacial score (nSPS) is 9.00. The quantitative estimate of drug-likeness (QED) is 0.467.